The van der Waals surface area contributed by atoms with E-state index in [1.807, 2.05) is 24.3 Å². The summed E-state index contributed by atoms with van der Waals surface area (Å²) in [5.41, 5.74) is 4.79. The SMILES string of the molecule is Cc1cccc(N(Cl)Cc2ccccc2)c1C. The molecule has 0 heterocycles. The van der Waals surface area contributed by atoms with Gasteiger partial charge in [0.2, 0.25) is 0 Å². The topological polar surface area (TPSA) is 3.24 Å². The largest absolute Gasteiger partial charge is 0.281 e. The molecule has 2 aromatic carbocycles. The molecule has 0 bridgehead atoms. The summed E-state index contributed by atoms with van der Waals surface area (Å²) in [7, 11) is 0. The lowest BCUT2D eigenvalue weighted by molar-refractivity contribution is 1.03. The molecule has 0 atom stereocenters. The lowest BCUT2D eigenvalue weighted by Gasteiger charge is -2.19. The van der Waals surface area contributed by atoms with E-state index in [9.17, 15) is 0 Å². The highest BCUT2D eigenvalue weighted by Crippen LogP contribution is 2.25. The van der Waals surface area contributed by atoms with Crippen LogP contribution in [0.4, 0.5) is 5.69 Å². The molecule has 2 aromatic rings. The van der Waals surface area contributed by atoms with Crippen LogP contribution < -0.4 is 4.42 Å². The zero-order valence-electron chi connectivity index (χ0n) is 10.2. The molecule has 88 valence electrons. The Morgan fingerprint density at radius 3 is 2.35 bits per heavy atom. The summed E-state index contributed by atoms with van der Waals surface area (Å²) in [4.78, 5) is 0. The van der Waals surface area contributed by atoms with Gasteiger partial charge in [-0.15, -0.1) is 0 Å². The van der Waals surface area contributed by atoms with E-state index in [2.05, 4.69) is 38.1 Å². The minimum atomic E-state index is 0.715. The fourth-order valence-electron chi connectivity index (χ4n) is 1.83. The van der Waals surface area contributed by atoms with Crippen molar-refractivity contribution in [3.63, 3.8) is 0 Å². The maximum atomic E-state index is 6.35. The number of anilines is 1. The molecule has 0 unspecified atom stereocenters. The zero-order chi connectivity index (χ0) is 12.3. The fourth-order valence-corrected chi connectivity index (χ4v) is 2.15. The molecule has 0 fully saturated rings. The summed E-state index contributed by atoms with van der Waals surface area (Å²) >= 11 is 6.35. The van der Waals surface area contributed by atoms with Crippen LogP contribution in [0.1, 0.15) is 16.7 Å². The Kier molecular flexibility index (Phi) is 3.70. The summed E-state index contributed by atoms with van der Waals surface area (Å²) in [5, 5.41) is 0. The third-order valence-corrected chi connectivity index (χ3v) is 3.30. The molecular formula is C15H16ClN. The lowest BCUT2D eigenvalue weighted by atomic mass is 10.1. The normalized spacial score (nSPS) is 10.3. The Bertz CT molecular complexity index is 494. The molecule has 0 spiro atoms. The van der Waals surface area contributed by atoms with Gasteiger partial charge in [0.25, 0.3) is 0 Å². The maximum absolute atomic E-state index is 6.35. The number of aryl methyl sites for hydroxylation is 1. The lowest BCUT2D eigenvalue weighted by Crippen LogP contribution is -2.11. The van der Waals surface area contributed by atoms with Crippen molar-refractivity contribution in [3.8, 4) is 0 Å². The average Bonchev–Trinajstić information content (AvgIpc) is 2.34. The van der Waals surface area contributed by atoms with Crippen molar-refractivity contribution in [3.05, 3.63) is 65.2 Å². The van der Waals surface area contributed by atoms with Gasteiger partial charge in [-0.3, -0.25) is 4.42 Å². The number of rotatable bonds is 3. The average molecular weight is 246 g/mol. The van der Waals surface area contributed by atoms with Gasteiger partial charge in [-0.05, 0) is 36.6 Å². The van der Waals surface area contributed by atoms with Crippen molar-refractivity contribution in [2.75, 3.05) is 4.42 Å². The van der Waals surface area contributed by atoms with Crippen LogP contribution in [0.15, 0.2) is 48.5 Å². The smallest absolute Gasteiger partial charge is 0.0599 e. The zero-order valence-corrected chi connectivity index (χ0v) is 10.9. The van der Waals surface area contributed by atoms with Gasteiger partial charge in [0.05, 0.1) is 12.2 Å². The van der Waals surface area contributed by atoms with Crippen LogP contribution in [0.2, 0.25) is 0 Å². The molecule has 2 heteroatoms. The first-order valence-corrected chi connectivity index (χ1v) is 6.06. The second-order valence-electron chi connectivity index (χ2n) is 4.22. The second-order valence-corrected chi connectivity index (χ2v) is 4.63. The first-order valence-electron chi connectivity index (χ1n) is 5.72. The predicted molar refractivity (Wildman–Crippen MR) is 74.4 cm³/mol. The summed E-state index contributed by atoms with van der Waals surface area (Å²) < 4.78 is 1.78. The maximum Gasteiger partial charge on any atom is 0.0599 e. The van der Waals surface area contributed by atoms with Gasteiger partial charge in [0, 0.05) is 11.8 Å². The van der Waals surface area contributed by atoms with Gasteiger partial charge in [0.1, 0.15) is 0 Å². The Balaban J connectivity index is 2.20. The fraction of sp³-hybridized carbons (Fsp3) is 0.200. The molecule has 0 saturated carbocycles. The molecule has 1 nitrogen and oxygen atoms in total. The van der Waals surface area contributed by atoms with Gasteiger partial charge in [0.15, 0.2) is 0 Å². The summed E-state index contributed by atoms with van der Waals surface area (Å²) in [6.07, 6.45) is 0. The van der Waals surface area contributed by atoms with E-state index in [0.29, 0.717) is 6.54 Å². The molecule has 0 aliphatic heterocycles. The highest BCUT2D eigenvalue weighted by Gasteiger charge is 2.08. The van der Waals surface area contributed by atoms with Gasteiger partial charge in [-0.25, -0.2) is 0 Å². The monoisotopic (exact) mass is 245 g/mol. The first-order chi connectivity index (χ1) is 8.18. The van der Waals surface area contributed by atoms with Crippen LogP contribution in [-0.4, -0.2) is 0 Å². The summed E-state index contributed by atoms with van der Waals surface area (Å²) in [5.74, 6) is 0. The Morgan fingerprint density at radius 2 is 1.65 bits per heavy atom. The van der Waals surface area contributed by atoms with Crippen molar-refractivity contribution >= 4 is 17.5 Å². The van der Waals surface area contributed by atoms with E-state index in [1.54, 1.807) is 4.42 Å². The minimum Gasteiger partial charge on any atom is -0.281 e. The van der Waals surface area contributed by atoms with Crippen molar-refractivity contribution < 1.29 is 0 Å². The summed E-state index contributed by atoms with van der Waals surface area (Å²) in [6, 6.07) is 16.4. The summed E-state index contributed by atoms with van der Waals surface area (Å²) in [6.45, 7) is 4.92. The standard InChI is InChI=1S/C15H16ClN/c1-12-7-6-10-15(13(12)2)17(16)11-14-8-4-3-5-9-14/h3-10H,11H2,1-2H3. The van der Waals surface area contributed by atoms with E-state index < -0.39 is 0 Å². The van der Waals surface area contributed by atoms with Crippen LogP contribution >= 0.6 is 11.8 Å². The third kappa shape index (κ3) is 2.80. The molecule has 17 heavy (non-hydrogen) atoms. The third-order valence-electron chi connectivity index (χ3n) is 3.00. The van der Waals surface area contributed by atoms with Crippen molar-refractivity contribution in [1.29, 1.82) is 0 Å². The number of hydrogen-bond acceptors (Lipinski definition) is 1. The predicted octanol–water partition coefficient (Wildman–Crippen LogP) is 4.46. The number of halogens is 1. The molecule has 0 radical (unpaired) electrons. The number of nitrogens with zero attached hydrogens (tertiary/aromatic N) is 1. The van der Waals surface area contributed by atoms with E-state index in [4.69, 9.17) is 11.8 Å². The molecular weight excluding hydrogens is 230 g/mol. The van der Waals surface area contributed by atoms with Crippen LogP contribution in [-0.2, 0) is 6.54 Å². The van der Waals surface area contributed by atoms with Gasteiger partial charge >= 0.3 is 0 Å². The van der Waals surface area contributed by atoms with Gasteiger partial charge in [-0.1, -0.05) is 42.5 Å². The molecule has 0 aliphatic rings. The van der Waals surface area contributed by atoms with Crippen LogP contribution in [0, 0.1) is 13.8 Å². The van der Waals surface area contributed by atoms with E-state index in [-0.39, 0.29) is 0 Å². The van der Waals surface area contributed by atoms with Crippen molar-refractivity contribution in [2.24, 2.45) is 0 Å². The molecule has 0 amide bonds. The molecule has 0 aromatic heterocycles. The Morgan fingerprint density at radius 1 is 0.941 bits per heavy atom. The van der Waals surface area contributed by atoms with Crippen molar-refractivity contribution in [1.82, 2.24) is 0 Å². The Labute approximate surface area is 108 Å². The van der Waals surface area contributed by atoms with E-state index in [0.717, 1.165) is 5.69 Å². The highest BCUT2D eigenvalue weighted by atomic mass is 35.5. The molecule has 0 N–H and O–H groups in total. The van der Waals surface area contributed by atoms with Crippen molar-refractivity contribution in [2.45, 2.75) is 20.4 Å². The van der Waals surface area contributed by atoms with Gasteiger partial charge in [-0.2, -0.15) is 0 Å². The number of benzene rings is 2. The van der Waals surface area contributed by atoms with E-state index in [1.165, 1.54) is 16.7 Å². The van der Waals surface area contributed by atoms with Crippen LogP contribution in [0.3, 0.4) is 0 Å². The van der Waals surface area contributed by atoms with Crippen LogP contribution in [0.5, 0.6) is 0 Å². The minimum absolute atomic E-state index is 0.715. The number of hydrogen-bond donors (Lipinski definition) is 0. The van der Waals surface area contributed by atoms with E-state index >= 15 is 0 Å². The second kappa shape index (κ2) is 5.24. The van der Waals surface area contributed by atoms with Gasteiger partial charge < -0.3 is 0 Å². The quantitative estimate of drug-likeness (QED) is 0.722. The molecule has 2 rings (SSSR count). The van der Waals surface area contributed by atoms with Crippen LogP contribution in [0.25, 0.3) is 0 Å². The first kappa shape index (κ1) is 12.0. The molecule has 0 aliphatic carbocycles. The molecule has 0 saturated heterocycles. The Hall–Kier alpha value is -1.47. The highest BCUT2D eigenvalue weighted by molar-refractivity contribution is 6.25.